The van der Waals surface area contributed by atoms with Crippen LogP contribution in [-0.4, -0.2) is 42.5 Å². The fourth-order valence-electron chi connectivity index (χ4n) is 3.42. The van der Waals surface area contributed by atoms with Crippen LogP contribution in [0.4, 0.5) is 0 Å². The van der Waals surface area contributed by atoms with Crippen molar-refractivity contribution in [2.24, 2.45) is 0 Å². The average molecular weight is 426 g/mol. The summed E-state index contributed by atoms with van der Waals surface area (Å²) < 4.78 is 11.3. The lowest BCUT2D eigenvalue weighted by atomic mass is 9.98. The molecular formula is C25H31NO3S. The molecule has 1 saturated heterocycles. The van der Waals surface area contributed by atoms with Crippen LogP contribution >= 0.6 is 11.8 Å². The van der Waals surface area contributed by atoms with Gasteiger partial charge >= 0.3 is 0 Å². The Morgan fingerprint density at radius 3 is 2.63 bits per heavy atom. The van der Waals surface area contributed by atoms with Crippen molar-refractivity contribution in [1.29, 1.82) is 0 Å². The van der Waals surface area contributed by atoms with Crippen molar-refractivity contribution in [2.75, 3.05) is 31.8 Å². The highest BCUT2D eigenvalue weighted by Gasteiger charge is 2.26. The summed E-state index contributed by atoms with van der Waals surface area (Å²) >= 11 is 1.87. The van der Waals surface area contributed by atoms with E-state index in [0.717, 1.165) is 43.0 Å². The first-order chi connectivity index (χ1) is 14.6. The van der Waals surface area contributed by atoms with Crippen molar-refractivity contribution in [3.63, 3.8) is 0 Å². The van der Waals surface area contributed by atoms with Gasteiger partial charge in [0.25, 0.3) is 0 Å². The minimum atomic E-state index is -0.861. The van der Waals surface area contributed by atoms with E-state index in [9.17, 15) is 5.11 Å². The van der Waals surface area contributed by atoms with Gasteiger partial charge < -0.3 is 19.9 Å². The molecule has 2 aromatic carbocycles. The summed E-state index contributed by atoms with van der Waals surface area (Å²) in [6, 6.07) is 16.5. The molecule has 0 spiro atoms. The fraction of sp³-hybridized carbons (Fsp3) is 0.440. The second-order valence-corrected chi connectivity index (χ2v) is 8.89. The normalized spacial score (nSPS) is 16.2. The summed E-state index contributed by atoms with van der Waals surface area (Å²) in [5.74, 6) is 9.70. The monoisotopic (exact) mass is 425 g/mol. The molecule has 0 radical (unpaired) electrons. The topological polar surface area (TPSA) is 50.7 Å². The van der Waals surface area contributed by atoms with E-state index < -0.39 is 5.60 Å². The van der Waals surface area contributed by atoms with Crippen LogP contribution in [0.5, 0.6) is 11.5 Å². The van der Waals surface area contributed by atoms with Gasteiger partial charge in [-0.1, -0.05) is 55.2 Å². The Kier molecular flexibility index (Phi) is 8.50. The minimum absolute atomic E-state index is 0.230. The summed E-state index contributed by atoms with van der Waals surface area (Å²) in [5, 5.41) is 14.0. The molecule has 0 saturated carbocycles. The van der Waals surface area contributed by atoms with E-state index in [-0.39, 0.29) is 6.61 Å². The van der Waals surface area contributed by atoms with Gasteiger partial charge in [0, 0.05) is 13.1 Å². The number of ether oxygens (including phenoxy) is 2. The Morgan fingerprint density at radius 2 is 1.90 bits per heavy atom. The van der Waals surface area contributed by atoms with Gasteiger partial charge in [-0.3, -0.25) is 0 Å². The Balaban J connectivity index is 1.53. The molecule has 1 fully saturated rings. The average Bonchev–Trinajstić information content (AvgIpc) is 2.78. The number of nitrogens with one attached hydrogen (secondary N) is 1. The van der Waals surface area contributed by atoms with Crippen LogP contribution in [0, 0.1) is 11.8 Å². The fourth-order valence-corrected chi connectivity index (χ4v) is 4.59. The first kappa shape index (κ1) is 22.6. The molecule has 3 rings (SSSR count). The highest BCUT2D eigenvalue weighted by Crippen LogP contribution is 2.28. The van der Waals surface area contributed by atoms with E-state index in [2.05, 4.69) is 48.3 Å². The first-order valence-electron chi connectivity index (χ1n) is 10.5. The lowest BCUT2D eigenvalue weighted by molar-refractivity contribution is 0.0925. The summed E-state index contributed by atoms with van der Waals surface area (Å²) in [5.41, 5.74) is 1.60. The van der Waals surface area contributed by atoms with Gasteiger partial charge in [-0.2, -0.15) is 11.8 Å². The third kappa shape index (κ3) is 6.70. The lowest BCUT2D eigenvalue weighted by Crippen LogP contribution is -2.31. The van der Waals surface area contributed by atoms with Crippen molar-refractivity contribution in [2.45, 2.75) is 37.8 Å². The molecule has 1 heterocycles. The van der Waals surface area contributed by atoms with Crippen molar-refractivity contribution >= 4 is 11.8 Å². The highest BCUT2D eigenvalue weighted by molar-refractivity contribution is 7.99. The second-order valence-electron chi connectivity index (χ2n) is 7.66. The Morgan fingerprint density at radius 1 is 1.13 bits per heavy atom. The Bertz CT molecular complexity index is 854. The maximum Gasteiger partial charge on any atom is 0.162 e. The van der Waals surface area contributed by atoms with Crippen molar-refractivity contribution in [3.8, 4) is 23.3 Å². The quantitative estimate of drug-likeness (QED) is 0.620. The molecule has 0 amide bonds. The van der Waals surface area contributed by atoms with E-state index in [1.54, 1.807) is 7.11 Å². The lowest BCUT2D eigenvalue weighted by Gasteiger charge is -2.26. The summed E-state index contributed by atoms with van der Waals surface area (Å²) in [4.78, 5) is 0. The number of hydrogen-bond donors (Lipinski definition) is 2. The molecule has 1 atom stereocenters. The maximum atomic E-state index is 10.5. The molecule has 0 aliphatic carbocycles. The van der Waals surface area contributed by atoms with Gasteiger partial charge in [0.2, 0.25) is 0 Å². The minimum Gasteiger partial charge on any atom is -0.493 e. The molecule has 0 aromatic heterocycles. The summed E-state index contributed by atoms with van der Waals surface area (Å²) in [6.07, 6.45) is 1.44. The van der Waals surface area contributed by atoms with Gasteiger partial charge in [0.05, 0.1) is 7.11 Å². The molecule has 30 heavy (non-hydrogen) atoms. The number of thioether (sulfide) groups is 1. The maximum absolute atomic E-state index is 10.5. The van der Waals surface area contributed by atoms with E-state index >= 15 is 0 Å². The SMILES string of the molecule is COc1ccc(CNCC(C)c2ccccc2)cc1OCC#CC1(O)CCSCC1. The van der Waals surface area contributed by atoms with Crippen LogP contribution in [0.2, 0.25) is 0 Å². The van der Waals surface area contributed by atoms with Crippen LogP contribution in [0.25, 0.3) is 0 Å². The van der Waals surface area contributed by atoms with Crippen molar-refractivity contribution < 1.29 is 14.6 Å². The zero-order valence-electron chi connectivity index (χ0n) is 17.8. The number of aliphatic hydroxyl groups is 1. The smallest absolute Gasteiger partial charge is 0.162 e. The van der Waals surface area contributed by atoms with Crippen LogP contribution in [-0.2, 0) is 6.54 Å². The molecule has 4 nitrogen and oxygen atoms in total. The molecule has 2 N–H and O–H groups in total. The predicted octanol–water partition coefficient (Wildman–Crippen LogP) is 4.23. The number of hydrogen-bond acceptors (Lipinski definition) is 5. The van der Waals surface area contributed by atoms with Gasteiger partial charge in [0.1, 0.15) is 12.2 Å². The van der Waals surface area contributed by atoms with Gasteiger partial charge in [0.15, 0.2) is 11.5 Å². The van der Waals surface area contributed by atoms with Crippen LogP contribution in [0.3, 0.4) is 0 Å². The van der Waals surface area contributed by atoms with E-state index in [4.69, 9.17) is 9.47 Å². The zero-order chi connectivity index (χ0) is 21.2. The molecular weight excluding hydrogens is 394 g/mol. The summed E-state index contributed by atoms with van der Waals surface area (Å²) in [7, 11) is 1.63. The predicted molar refractivity (Wildman–Crippen MR) is 124 cm³/mol. The highest BCUT2D eigenvalue weighted by atomic mass is 32.2. The Hall–Kier alpha value is -2.13. The number of benzene rings is 2. The molecule has 160 valence electrons. The molecule has 5 heteroatoms. The molecule has 2 aromatic rings. The standard InChI is InChI=1S/C25H31NO3S/c1-20(22-7-4-3-5-8-22)18-26-19-21-9-10-23(28-2)24(17-21)29-14-6-11-25(27)12-15-30-16-13-25/h3-5,7-10,17,20,26-27H,12-16,18-19H2,1-2H3. The van der Waals surface area contributed by atoms with Crippen LogP contribution < -0.4 is 14.8 Å². The zero-order valence-corrected chi connectivity index (χ0v) is 18.6. The molecule has 1 aliphatic rings. The van der Waals surface area contributed by atoms with Gasteiger partial charge in [-0.05, 0) is 53.5 Å². The van der Waals surface area contributed by atoms with Gasteiger partial charge in [-0.15, -0.1) is 0 Å². The van der Waals surface area contributed by atoms with Crippen molar-refractivity contribution in [1.82, 2.24) is 5.32 Å². The largest absolute Gasteiger partial charge is 0.493 e. The molecule has 0 bridgehead atoms. The van der Waals surface area contributed by atoms with E-state index in [0.29, 0.717) is 17.4 Å². The van der Waals surface area contributed by atoms with Crippen LogP contribution in [0.1, 0.15) is 36.8 Å². The van der Waals surface area contributed by atoms with E-state index in [1.165, 1.54) is 5.56 Å². The summed E-state index contributed by atoms with van der Waals surface area (Å²) in [6.45, 7) is 4.10. The number of methoxy groups -OCH3 is 1. The van der Waals surface area contributed by atoms with Gasteiger partial charge in [-0.25, -0.2) is 0 Å². The second kappa shape index (κ2) is 11.3. The third-order valence-electron chi connectivity index (χ3n) is 5.32. The number of rotatable bonds is 8. The van der Waals surface area contributed by atoms with Crippen molar-refractivity contribution in [3.05, 3.63) is 59.7 Å². The first-order valence-corrected chi connectivity index (χ1v) is 11.6. The van der Waals surface area contributed by atoms with Crippen LogP contribution in [0.15, 0.2) is 48.5 Å². The van der Waals surface area contributed by atoms with E-state index in [1.807, 2.05) is 36.0 Å². The molecule has 1 unspecified atom stereocenters. The third-order valence-corrected chi connectivity index (χ3v) is 6.30. The molecule has 1 aliphatic heterocycles. The Labute approximate surface area is 184 Å².